The van der Waals surface area contributed by atoms with Gasteiger partial charge in [0, 0.05) is 12.6 Å². The van der Waals surface area contributed by atoms with Crippen LogP contribution >= 0.6 is 11.3 Å². The van der Waals surface area contributed by atoms with Gasteiger partial charge in [-0.1, -0.05) is 41.7 Å². The Morgan fingerprint density at radius 2 is 1.90 bits per heavy atom. The van der Waals surface area contributed by atoms with E-state index in [4.69, 9.17) is 5.73 Å². The minimum Gasteiger partial charge on any atom is -0.360 e. The van der Waals surface area contributed by atoms with Crippen molar-refractivity contribution < 1.29 is 13.2 Å². The van der Waals surface area contributed by atoms with Crippen molar-refractivity contribution in [3.05, 3.63) is 40.9 Å². The summed E-state index contributed by atoms with van der Waals surface area (Å²) in [6.07, 6.45) is -3.86. The molecular weight excluding hydrogens is 289 g/mol. The summed E-state index contributed by atoms with van der Waals surface area (Å²) < 4.78 is 37.0. The highest BCUT2D eigenvalue weighted by atomic mass is 32.1. The Bertz CT molecular complexity index is 541. The molecule has 20 heavy (non-hydrogen) atoms. The zero-order valence-corrected chi connectivity index (χ0v) is 11.2. The SMILES string of the molecule is NC(CCNc1nnc(C(F)(F)F)s1)c1ccccc1. The second kappa shape index (κ2) is 6.19. The van der Waals surface area contributed by atoms with Crippen LogP contribution in [-0.2, 0) is 6.18 Å². The van der Waals surface area contributed by atoms with Gasteiger partial charge in [0.1, 0.15) is 0 Å². The third kappa shape index (κ3) is 3.91. The smallest absolute Gasteiger partial charge is 0.360 e. The number of benzene rings is 1. The van der Waals surface area contributed by atoms with Crippen molar-refractivity contribution in [3.8, 4) is 0 Å². The minimum absolute atomic E-state index is 0.151. The number of hydrogen-bond acceptors (Lipinski definition) is 5. The Labute approximate surface area is 117 Å². The Morgan fingerprint density at radius 3 is 2.50 bits per heavy atom. The molecule has 2 aromatic rings. The van der Waals surface area contributed by atoms with Crippen LogP contribution in [0.25, 0.3) is 0 Å². The maximum Gasteiger partial charge on any atom is 0.445 e. The number of aromatic nitrogens is 2. The number of alkyl halides is 3. The fourth-order valence-corrected chi connectivity index (χ4v) is 2.25. The second-order valence-electron chi connectivity index (χ2n) is 4.14. The third-order valence-corrected chi connectivity index (χ3v) is 3.55. The van der Waals surface area contributed by atoms with E-state index in [0.29, 0.717) is 24.3 Å². The zero-order valence-electron chi connectivity index (χ0n) is 10.4. The summed E-state index contributed by atoms with van der Waals surface area (Å²) in [5, 5.41) is 8.54. The molecule has 0 aliphatic rings. The molecule has 0 saturated heterocycles. The standard InChI is InChI=1S/C12H13F3N4S/c13-12(14,15)10-18-19-11(20-10)17-7-6-9(16)8-4-2-1-3-5-8/h1-5,9H,6-7,16H2,(H,17,19). The van der Waals surface area contributed by atoms with Gasteiger partial charge in [-0.05, 0) is 12.0 Å². The van der Waals surface area contributed by atoms with Crippen molar-refractivity contribution in [3.63, 3.8) is 0 Å². The summed E-state index contributed by atoms with van der Waals surface area (Å²) in [6, 6.07) is 9.34. The van der Waals surface area contributed by atoms with Crippen molar-refractivity contribution in [1.29, 1.82) is 0 Å². The van der Waals surface area contributed by atoms with E-state index in [-0.39, 0.29) is 11.2 Å². The Balaban J connectivity index is 1.83. The van der Waals surface area contributed by atoms with Crippen LogP contribution in [0.4, 0.5) is 18.3 Å². The molecule has 1 aromatic carbocycles. The summed E-state index contributed by atoms with van der Waals surface area (Å²) >= 11 is 0.488. The van der Waals surface area contributed by atoms with Gasteiger partial charge in [-0.15, -0.1) is 10.2 Å². The summed E-state index contributed by atoms with van der Waals surface area (Å²) in [4.78, 5) is 0. The fourth-order valence-electron chi connectivity index (χ4n) is 1.61. The topological polar surface area (TPSA) is 63.8 Å². The average Bonchev–Trinajstić information content (AvgIpc) is 2.88. The summed E-state index contributed by atoms with van der Waals surface area (Å²) in [6.45, 7) is 0.433. The van der Waals surface area contributed by atoms with Crippen molar-refractivity contribution >= 4 is 16.5 Å². The Hall–Kier alpha value is -1.67. The molecule has 8 heteroatoms. The molecule has 0 spiro atoms. The lowest BCUT2D eigenvalue weighted by Gasteiger charge is -2.11. The molecule has 0 saturated carbocycles. The summed E-state index contributed by atoms with van der Waals surface area (Å²) in [7, 11) is 0. The average molecular weight is 302 g/mol. The first kappa shape index (κ1) is 14.7. The van der Waals surface area contributed by atoms with Gasteiger partial charge in [0.2, 0.25) is 10.1 Å². The number of rotatable bonds is 5. The Kier molecular flexibility index (Phi) is 4.56. The number of halogens is 3. The molecule has 108 valence electrons. The van der Waals surface area contributed by atoms with Crippen molar-refractivity contribution in [1.82, 2.24) is 10.2 Å². The molecule has 1 unspecified atom stereocenters. The number of nitrogens with zero attached hydrogens (tertiary/aromatic N) is 2. The lowest BCUT2D eigenvalue weighted by molar-refractivity contribution is -0.138. The summed E-state index contributed by atoms with van der Waals surface area (Å²) in [5.41, 5.74) is 6.97. The molecule has 0 bridgehead atoms. The lowest BCUT2D eigenvalue weighted by Crippen LogP contribution is -2.15. The van der Waals surface area contributed by atoms with Crippen LogP contribution in [0.5, 0.6) is 0 Å². The van der Waals surface area contributed by atoms with E-state index in [1.807, 2.05) is 30.3 Å². The largest absolute Gasteiger partial charge is 0.445 e. The van der Waals surface area contributed by atoms with E-state index in [1.54, 1.807) is 0 Å². The molecular formula is C12H13F3N4S. The molecule has 0 radical (unpaired) electrons. The highest BCUT2D eigenvalue weighted by Crippen LogP contribution is 2.32. The molecule has 1 atom stereocenters. The van der Waals surface area contributed by atoms with E-state index in [1.165, 1.54) is 0 Å². The van der Waals surface area contributed by atoms with Gasteiger partial charge in [-0.2, -0.15) is 13.2 Å². The Morgan fingerprint density at radius 1 is 1.20 bits per heavy atom. The maximum absolute atomic E-state index is 12.3. The predicted molar refractivity (Wildman–Crippen MR) is 71.4 cm³/mol. The lowest BCUT2D eigenvalue weighted by atomic mass is 10.1. The first-order valence-corrected chi connectivity index (χ1v) is 6.73. The van der Waals surface area contributed by atoms with Crippen LogP contribution in [0.1, 0.15) is 23.0 Å². The van der Waals surface area contributed by atoms with Gasteiger partial charge in [0.25, 0.3) is 0 Å². The molecule has 3 N–H and O–H groups in total. The third-order valence-electron chi connectivity index (χ3n) is 2.63. The van der Waals surface area contributed by atoms with Gasteiger partial charge in [0.05, 0.1) is 0 Å². The number of nitrogens with one attached hydrogen (secondary N) is 1. The van der Waals surface area contributed by atoms with Gasteiger partial charge in [-0.3, -0.25) is 0 Å². The van der Waals surface area contributed by atoms with Crippen molar-refractivity contribution in [2.75, 3.05) is 11.9 Å². The van der Waals surface area contributed by atoms with Crippen LogP contribution in [0.2, 0.25) is 0 Å². The van der Waals surface area contributed by atoms with E-state index in [0.717, 1.165) is 5.56 Å². The number of nitrogens with two attached hydrogens (primary N) is 1. The van der Waals surface area contributed by atoms with Gasteiger partial charge >= 0.3 is 6.18 Å². The van der Waals surface area contributed by atoms with Crippen LogP contribution in [0, 0.1) is 0 Å². The molecule has 0 fully saturated rings. The van der Waals surface area contributed by atoms with E-state index in [9.17, 15) is 13.2 Å². The number of hydrogen-bond donors (Lipinski definition) is 2. The van der Waals surface area contributed by atoms with Gasteiger partial charge in [-0.25, -0.2) is 0 Å². The highest BCUT2D eigenvalue weighted by Gasteiger charge is 2.35. The maximum atomic E-state index is 12.3. The predicted octanol–water partition coefficient (Wildman–Crippen LogP) is 3.06. The zero-order chi connectivity index (χ0) is 14.6. The van der Waals surface area contributed by atoms with Crippen LogP contribution in [0.3, 0.4) is 0 Å². The normalized spacial score (nSPS) is 13.2. The molecule has 0 aliphatic carbocycles. The van der Waals surface area contributed by atoms with E-state index >= 15 is 0 Å². The molecule has 4 nitrogen and oxygen atoms in total. The van der Waals surface area contributed by atoms with Gasteiger partial charge in [0.15, 0.2) is 0 Å². The van der Waals surface area contributed by atoms with Crippen LogP contribution in [-0.4, -0.2) is 16.7 Å². The minimum atomic E-state index is -4.45. The highest BCUT2D eigenvalue weighted by molar-refractivity contribution is 7.15. The number of anilines is 1. The van der Waals surface area contributed by atoms with Gasteiger partial charge < -0.3 is 11.1 Å². The van der Waals surface area contributed by atoms with E-state index in [2.05, 4.69) is 15.5 Å². The van der Waals surface area contributed by atoms with Crippen molar-refractivity contribution in [2.45, 2.75) is 18.6 Å². The second-order valence-corrected chi connectivity index (χ2v) is 5.12. The monoisotopic (exact) mass is 302 g/mol. The van der Waals surface area contributed by atoms with Crippen LogP contribution in [0.15, 0.2) is 30.3 Å². The first-order chi connectivity index (χ1) is 9.47. The summed E-state index contributed by atoms with van der Waals surface area (Å²) in [5.74, 6) is 0. The molecule has 1 heterocycles. The fraction of sp³-hybridized carbons (Fsp3) is 0.333. The van der Waals surface area contributed by atoms with Crippen molar-refractivity contribution in [2.24, 2.45) is 5.73 Å². The molecule has 0 amide bonds. The van der Waals surface area contributed by atoms with Crippen LogP contribution < -0.4 is 11.1 Å². The first-order valence-electron chi connectivity index (χ1n) is 5.92. The molecule has 1 aromatic heterocycles. The molecule has 0 aliphatic heterocycles. The molecule has 2 rings (SSSR count). The quantitative estimate of drug-likeness (QED) is 0.891. The van der Waals surface area contributed by atoms with E-state index < -0.39 is 11.2 Å².